The molecule has 108 heavy (non-hydrogen) atoms. The minimum absolute atomic E-state index is 0.0186. The molecule has 20 atom stereocenters. The number of carbonyl (C=O) groups is 9. The first kappa shape index (κ1) is 93.8. The lowest BCUT2D eigenvalue weighted by Crippen LogP contribution is -2.57. The smallest absolute Gasteiger partial charge is 0.234 e. The second-order valence-corrected chi connectivity index (χ2v) is 27.3. The van der Waals surface area contributed by atoms with Crippen molar-refractivity contribution in [2.24, 2.45) is 5.73 Å². The lowest BCUT2D eigenvalue weighted by Gasteiger charge is -2.38. The average Bonchev–Trinajstić information content (AvgIpc) is 1.47. The Kier molecular flexibility index (Phi) is 42.6. The van der Waals surface area contributed by atoms with Gasteiger partial charge in [0, 0.05) is 45.2 Å². The van der Waals surface area contributed by atoms with Gasteiger partial charge in [0.2, 0.25) is 29.5 Å². The first-order valence-corrected chi connectivity index (χ1v) is 36.5. The van der Waals surface area contributed by atoms with Gasteiger partial charge in [0.15, 0.2) is 25.0 Å². The fourth-order valence-electron chi connectivity index (χ4n) is 11.6. The molecule has 4 fully saturated rings. The first-order chi connectivity index (χ1) is 51.1. The molecule has 0 spiro atoms. The van der Waals surface area contributed by atoms with E-state index in [4.69, 9.17) is 34.2 Å². The van der Waals surface area contributed by atoms with Crippen LogP contribution in [0.15, 0.2) is 12.4 Å². The third-order valence-corrected chi connectivity index (χ3v) is 17.7. The molecule has 0 saturated carbocycles. The summed E-state index contributed by atoms with van der Waals surface area (Å²) in [6.07, 6.45) is -15.5. The van der Waals surface area contributed by atoms with Crippen molar-refractivity contribution in [2.75, 3.05) is 79.2 Å². The van der Waals surface area contributed by atoms with Gasteiger partial charge in [0.05, 0.1) is 109 Å². The number of nitrogens with two attached hydrogens (primary N) is 1. The van der Waals surface area contributed by atoms with Crippen molar-refractivity contribution in [3.8, 4) is 0 Å². The number of primary amides is 1. The van der Waals surface area contributed by atoms with E-state index >= 15 is 0 Å². The van der Waals surface area contributed by atoms with Crippen molar-refractivity contribution in [1.29, 1.82) is 0 Å². The number of unbranched alkanes of at least 4 members (excludes halogenated alkanes) is 5. The number of amides is 5. The minimum Gasteiger partial charge on any atom is -0.388 e. The molecule has 5 amide bonds. The molecule has 0 aromatic carbocycles. The van der Waals surface area contributed by atoms with Crippen molar-refractivity contribution >= 4 is 52.7 Å². The molecule has 2 aromatic rings. The number of aliphatic hydroxyl groups excluding tert-OH is 12. The van der Waals surface area contributed by atoms with E-state index in [1.165, 1.54) is 49.9 Å². The van der Waals surface area contributed by atoms with Crippen LogP contribution in [0.4, 0.5) is 0 Å². The van der Waals surface area contributed by atoms with E-state index in [1.807, 2.05) is 6.92 Å². The molecule has 0 unspecified atom stereocenters. The summed E-state index contributed by atoms with van der Waals surface area (Å²) < 4.78 is 35.1. The fourth-order valence-corrected chi connectivity index (χ4v) is 11.6. The maximum atomic E-state index is 13.0. The SMILES string of the molecule is CCNC(=O)CCCCCNC(=O)CN(CC(=O)NCc1cn([C@H]2O[C@@H](C)[C@@H](O)[C@@H](O)[C@@H]2O)nn1)CC(=O)NCc1cn([C@H]2O[C@@H](C)[C@@H](O)[C@@H](O)[C@@H]2O)nn1.CNCC(C)=O.C[C@@H]1O[C@H](OCCCC(=O)CN(CC(=O)CCCCCCC(N)=O)CC(=O)CCCO[C@H]2O[C@@H](C)[C@@H](O)[C@@H](O)[C@@H]2O)[C@@H](O)[C@H](O)[C@@H]1O. The summed E-state index contributed by atoms with van der Waals surface area (Å²) >= 11 is 0. The van der Waals surface area contributed by atoms with Crippen molar-refractivity contribution < 1.29 is 133 Å². The van der Waals surface area contributed by atoms with E-state index in [1.54, 1.807) is 14.0 Å². The Morgan fingerprint density at radius 3 is 1.19 bits per heavy atom. The van der Waals surface area contributed by atoms with Crippen LogP contribution in [0.3, 0.4) is 0 Å². The van der Waals surface area contributed by atoms with Gasteiger partial charge in [0.25, 0.3) is 0 Å². The summed E-state index contributed by atoms with van der Waals surface area (Å²) in [5.41, 5.74) is 5.68. The van der Waals surface area contributed by atoms with Crippen LogP contribution < -0.4 is 32.3 Å². The number of ketones is 4. The van der Waals surface area contributed by atoms with E-state index in [0.29, 0.717) is 64.6 Å². The van der Waals surface area contributed by atoms with Gasteiger partial charge in [-0.05, 0) is 87.1 Å². The number of rotatable bonds is 44. The number of hydrogen-bond donors (Lipinski definition) is 18. The van der Waals surface area contributed by atoms with Crippen LogP contribution in [0, 0.1) is 0 Å². The van der Waals surface area contributed by atoms with E-state index in [2.05, 4.69) is 47.2 Å². The van der Waals surface area contributed by atoms with Gasteiger partial charge >= 0.3 is 0 Å². The molecule has 4 aliphatic rings. The highest BCUT2D eigenvalue weighted by Crippen LogP contribution is 2.30. The number of ether oxygens (including phenoxy) is 6. The second kappa shape index (κ2) is 49.0. The molecule has 0 radical (unpaired) electrons. The molecule has 4 saturated heterocycles. The molecular formula is C67H116N14O27. The van der Waals surface area contributed by atoms with Crippen LogP contribution in [0.1, 0.15) is 155 Å². The van der Waals surface area contributed by atoms with Gasteiger partial charge < -0.3 is 122 Å². The maximum Gasteiger partial charge on any atom is 0.234 e. The van der Waals surface area contributed by atoms with Crippen LogP contribution in [-0.2, 0) is 84.7 Å². The molecule has 6 rings (SSSR count). The Labute approximate surface area is 625 Å². The highest BCUT2D eigenvalue weighted by atomic mass is 16.7. The van der Waals surface area contributed by atoms with Crippen molar-refractivity contribution in [3.05, 3.63) is 23.8 Å². The van der Waals surface area contributed by atoms with Gasteiger partial charge in [-0.2, -0.15) is 0 Å². The van der Waals surface area contributed by atoms with Gasteiger partial charge in [-0.1, -0.05) is 29.7 Å². The quantitative estimate of drug-likeness (QED) is 0.0274. The van der Waals surface area contributed by atoms with Crippen LogP contribution in [0.5, 0.6) is 0 Å². The molecule has 19 N–H and O–H groups in total. The number of nitrogens with zero attached hydrogens (tertiary/aromatic N) is 8. The van der Waals surface area contributed by atoms with Gasteiger partial charge in [-0.25, -0.2) is 9.36 Å². The highest BCUT2D eigenvalue weighted by molar-refractivity contribution is 5.86. The third kappa shape index (κ3) is 32.8. The number of hydrogen-bond acceptors (Lipinski definition) is 34. The van der Waals surface area contributed by atoms with Crippen LogP contribution >= 0.6 is 0 Å². The first-order valence-electron chi connectivity index (χ1n) is 36.5. The summed E-state index contributed by atoms with van der Waals surface area (Å²) in [5, 5.41) is 150. The number of carbonyl (C=O) groups excluding carboxylic acids is 9. The van der Waals surface area contributed by atoms with E-state index in [-0.39, 0.29) is 144 Å². The van der Waals surface area contributed by atoms with Crippen molar-refractivity contribution in [1.82, 2.24) is 66.4 Å². The van der Waals surface area contributed by atoms with E-state index in [9.17, 15) is 104 Å². The number of nitrogens with one attached hydrogen (secondary N) is 5. The zero-order valence-corrected chi connectivity index (χ0v) is 62.4. The number of Topliss-reactive ketones (excluding diaryl/α,β-unsaturated/α-hetero) is 4. The maximum absolute atomic E-state index is 13.0. The molecule has 2 aromatic heterocycles. The fraction of sp³-hybridized carbons (Fsp3) is 0.806. The average molecular weight is 1550 g/mol. The number of aliphatic hydroxyl groups is 12. The molecular weight excluding hydrogens is 1430 g/mol. The van der Waals surface area contributed by atoms with Crippen LogP contribution in [-0.4, -0.2) is 343 Å². The predicted octanol–water partition coefficient (Wildman–Crippen LogP) is -7.22. The highest BCUT2D eigenvalue weighted by Gasteiger charge is 2.46. The Morgan fingerprint density at radius 1 is 0.444 bits per heavy atom. The normalized spacial score (nSPS) is 28.3. The topological polar surface area (TPSA) is 606 Å². The summed E-state index contributed by atoms with van der Waals surface area (Å²) in [7, 11) is 1.75. The summed E-state index contributed by atoms with van der Waals surface area (Å²) in [4.78, 5) is 112. The number of likely N-dealkylation sites (N-methyl/N-ethyl adjacent to an activating group) is 1. The largest absolute Gasteiger partial charge is 0.388 e. The zero-order chi connectivity index (χ0) is 80.3. The third-order valence-electron chi connectivity index (χ3n) is 17.7. The van der Waals surface area contributed by atoms with Gasteiger partial charge in [0.1, 0.15) is 108 Å². The predicted molar refractivity (Wildman–Crippen MR) is 374 cm³/mol. The second-order valence-electron chi connectivity index (χ2n) is 27.3. The standard InChI is InChI=1S/C32H53N11O12.C31H54N2O14.C4H9NO/c1-4-33-21(44)8-6-5-7-9-34-22(45)14-41(15-23(46)35-10-19-12-42(39-37-19)31-29(52)27(50)25(48)17(2)54-31)16-24(47)36-11-20-13-43(40-38-20)32-30(53)28(51)26(49)18(3)55-32;1-18-24(38)26(40)28(42)30(46-18)44-13-7-10-21(35)16-33(15-20(34)9-5-3-4-6-12-23(32)37)17-22(36)11-8-14-45-31-29(43)27(41)25(39)19(2)47-31;1-4(6)3-5-2/h12-13,17-18,25-32,48-53H,4-11,14-16H2,1-3H3,(H,33,44)(H,34,45)(H,35,46)(H,36,47);18-19,24-31,38-43H,3-17H2,1-2H3,(H2,32,37);5H,3H2,1-2H3/t17-,18-,25+,26+,27+,28+,29-,30-,31-,32-;18-,19-,24+,25+,26+,27+,28-,29-,30-,31-;/m00./s1. The van der Waals surface area contributed by atoms with Gasteiger partial charge in [-0.15, -0.1) is 10.2 Å². The molecule has 0 bridgehead atoms. The van der Waals surface area contributed by atoms with E-state index in [0.717, 1.165) is 22.2 Å². The molecule has 41 heteroatoms. The Hall–Kier alpha value is -6.53. The lowest BCUT2D eigenvalue weighted by atomic mass is 9.99. The van der Waals surface area contributed by atoms with Crippen molar-refractivity contribution in [2.45, 2.75) is 267 Å². The Bertz CT molecular complexity index is 2920. The van der Waals surface area contributed by atoms with Gasteiger partial charge in [-0.3, -0.25) is 53.0 Å². The van der Waals surface area contributed by atoms with Crippen LogP contribution in [0.2, 0.25) is 0 Å². The van der Waals surface area contributed by atoms with E-state index < -0.39 is 140 Å². The number of aromatic nitrogens is 6. The van der Waals surface area contributed by atoms with Crippen LogP contribution in [0.25, 0.3) is 0 Å². The van der Waals surface area contributed by atoms with Crippen molar-refractivity contribution in [3.63, 3.8) is 0 Å². The molecule has 6 heterocycles. The molecule has 41 nitrogen and oxygen atoms in total. The summed E-state index contributed by atoms with van der Waals surface area (Å²) in [5.74, 6) is -2.39. The zero-order valence-electron chi connectivity index (χ0n) is 62.4. The Morgan fingerprint density at radius 2 is 0.806 bits per heavy atom. The molecule has 616 valence electrons. The summed E-state index contributed by atoms with van der Waals surface area (Å²) in [6.45, 7) is 9.22. The monoisotopic (exact) mass is 1550 g/mol. The minimum atomic E-state index is -1.49. The summed E-state index contributed by atoms with van der Waals surface area (Å²) in [6, 6.07) is 0. The lowest BCUT2D eigenvalue weighted by molar-refractivity contribution is -0.293. The molecule has 4 aliphatic heterocycles. The molecule has 0 aliphatic carbocycles. The Balaban J connectivity index is 0.000000429.